The van der Waals surface area contributed by atoms with Crippen LogP contribution in [0, 0.1) is 11.3 Å². The maximum absolute atomic E-state index is 9.82. The molecule has 0 unspecified atom stereocenters. The number of piperazine rings is 1. The number of nitriles is 1. The van der Waals surface area contributed by atoms with Crippen LogP contribution in [0.15, 0.2) is 36.5 Å². The fraction of sp³-hybridized carbons (Fsp3) is 0.481. The molecule has 36 heavy (non-hydrogen) atoms. The van der Waals surface area contributed by atoms with Crippen molar-refractivity contribution in [2.24, 2.45) is 0 Å². The van der Waals surface area contributed by atoms with Crippen LogP contribution in [-0.4, -0.2) is 69.5 Å². The predicted molar refractivity (Wildman–Crippen MR) is 146 cm³/mol. The molecule has 1 aromatic carbocycles. The van der Waals surface area contributed by atoms with Gasteiger partial charge in [0.15, 0.2) is 0 Å². The summed E-state index contributed by atoms with van der Waals surface area (Å²) in [6.45, 7) is 12.4. The Bertz CT molecular complexity index is 1210. The van der Waals surface area contributed by atoms with E-state index in [-0.39, 0.29) is 0 Å². The summed E-state index contributed by atoms with van der Waals surface area (Å²) in [6.07, 6.45) is 1.61. The average molecular weight is 508 g/mol. The van der Waals surface area contributed by atoms with Crippen molar-refractivity contribution in [2.75, 3.05) is 51.8 Å². The summed E-state index contributed by atoms with van der Waals surface area (Å²) in [5.41, 5.74) is 2.21. The van der Waals surface area contributed by atoms with Gasteiger partial charge in [-0.3, -0.25) is 4.57 Å². The third-order valence-electron chi connectivity index (χ3n) is 6.56. The van der Waals surface area contributed by atoms with Gasteiger partial charge in [0.2, 0.25) is 0 Å². The zero-order valence-electron chi connectivity index (χ0n) is 22.1. The first-order valence-corrected chi connectivity index (χ1v) is 16.2. The minimum Gasteiger partial charge on any atom is -0.497 e. The van der Waals surface area contributed by atoms with Crippen molar-refractivity contribution in [3.05, 3.63) is 47.7 Å². The monoisotopic (exact) mass is 507 g/mol. The Balaban J connectivity index is 1.66. The van der Waals surface area contributed by atoms with E-state index in [2.05, 4.69) is 58.2 Å². The first kappa shape index (κ1) is 26.0. The highest BCUT2D eigenvalue weighted by Gasteiger charge is 2.23. The standard InChI is InChI=1S/C27H37N5O3Si/c1-30-10-12-31(13-11-30)25-16-24-26(35-19-21-6-8-23(33-2)9-7-21)22(17-28)18-29-27(24)32(25)20-34-14-15-36(3,4)5/h6-9,16,18H,10-15,19-20H2,1-5H3. The molecule has 1 aliphatic heterocycles. The van der Waals surface area contributed by atoms with Crippen molar-refractivity contribution in [3.8, 4) is 17.6 Å². The van der Waals surface area contributed by atoms with Crippen LogP contribution in [0.2, 0.25) is 25.7 Å². The molecule has 8 nitrogen and oxygen atoms in total. The lowest BCUT2D eigenvalue weighted by molar-refractivity contribution is 0.0903. The number of hydrogen-bond acceptors (Lipinski definition) is 7. The van der Waals surface area contributed by atoms with Gasteiger partial charge in [-0.05, 0) is 36.9 Å². The average Bonchev–Trinajstić information content (AvgIpc) is 3.24. The molecule has 0 atom stereocenters. The van der Waals surface area contributed by atoms with E-state index in [9.17, 15) is 5.26 Å². The van der Waals surface area contributed by atoms with Crippen LogP contribution in [0.3, 0.4) is 0 Å². The topological polar surface area (TPSA) is 75.8 Å². The van der Waals surface area contributed by atoms with Crippen LogP contribution in [0.1, 0.15) is 11.1 Å². The first-order chi connectivity index (χ1) is 17.3. The fourth-order valence-electron chi connectivity index (χ4n) is 4.23. The van der Waals surface area contributed by atoms with Gasteiger partial charge in [0.05, 0.1) is 18.7 Å². The smallest absolute Gasteiger partial charge is 0.150 e. The molecule has 0 saturated carbocycles. The highest BCUT2D eigenvalue weighted by molar-refractivity contribution is 6.76. The maximum atomic E-state index is 9.82. The number of aromatic nitrogens is 2. The molecule has 0 spiro atoms. The van der Waals surface area contributed by atoms with Crippen molar-refractivity contribution >= 4 is 24.9 Å². The van der Waals surface area contributed by atoms with Crippen molar-refractivity contribution in [1.82, 2.24) is 14.5 Å². The molecule has 1 aliphatic rings. The van der Waals surface area contributed by atoms with Gasteiger partial charge in [-0.15, -0.1) is 0 Å². The Morgan fingerprint density at radius 2 is 1.81 bits per heavy atom. The zero-order chi connectivity index (χ0) is 25.7. The SMILES string of the molecule is COc1ccc(COc2c(C#N)cnc3c2cc(N2CCN(C)CC2)n3COCC[Si](C)(C)C)cc1. The van der Waals surface area contributed by atoms with Gasteiger partial charge in [0, 0.05) is 40.9 Å². The summed E-state index contributed by atoms with van der Waals surface area (Å²) < 4.78 is 19.8. The number of pyridine rings is 1. The van der Waals surface area contributed by atoms with Crippen LogP contribution in [0.25, 0.3) is 11.0 Å². The van der Waals surface area contributed by atoms with E-state index < -0.39 is 8.07 Å². The lowest BCUT2D eigenvalue weighted by Crippen LogP contribution is -2.45. The quantitative estimate of drug-likeness (QED) is 0.294. The van der Waals surface area contributed by atoms with E-state index in [0.717, 1.165) is 67.0 Å². The van der Waals surface area contributed by atoms with Gasteiger partial charge in [-0.2, -0.15) is 5.26 Å². The molecular formula is C27H37N5O3Si. The van der Waals surface area contributed by atoms with E-state index in [4.69, 9.17) is 14.2 Å². The van der Waals surface area contributed by atoms with Gasteiger partial charge < -0.3 is 24.0 Å². The van der Waals surface area contributed by atoms with Gasteiger partial charge >= 0.3 is 0 Å². The summed E-state index contributed by atoms with van der Waals surface area (Å²) in [6, 6.07) is 13.2. The van der Waals surface area contributed by atoms with Crippen molar-refractivity contribution in [2.45, 2.75) is 39.0 Å². The highest BCUT2D eigenvalue weighted by Crippen LogP contribution is 2.35. The summed E-state index contributed by atoms with van der Waals surface area (Å²) in [5.74, 6) is 2.42. The third kappa shape index (κ3) is 6.19. The Morgan fingerprint density at radius 1 is 1.08 bits per heavy atom. The number of likely N-dealkylation sites (N-methyl/N-ethyl adjacent to an activating group) is 1. The molecule has 1 saturated heterocycles. The number of methoxy groups -OCH3 is 1. The van der Waals surface area contributed by atoms with Gasteiger partial charge in [-0.1, -0.05) is 31.8 Å². The molecule has 0 radical (unpaired) electrons. The number of benzene rings is 1. The molecule has 0 amide bonds. The normalized spacial score (nSPS) is 14.7. The summed E-state index contributed by atoms with van der Waals surface area (Å²) in [7, 11) is 2.61. The molecule has 9 heteroatoms. The molecule has 1 fully saturated rings. The Kier molecular flexibility index (Phi) is 8.19. The number of hydrogen-bond donors (Lipinski definition) is 0. The number of fused-ring (bicyclic) bond motifs is 1. The van der Waals surface area contributed by atoms with Crippen molar-refractivity contribution in [1.29, 1.82) is 5.26 Å². The van der Waals surface area contributed by atoms with Crippen LogP contribution in [0.5, 0.6) is 11.5 Å². The fourth-order valence-corrected chi connectivity index (χ4v) is 4.99. The molecule has 3 aromatic rings. The largest absolute Gasteiger partial charge is 0.497 e. The Hall–Kier alpha value is -3.06. The lowest BCUT2D eigenvalue weighted by atomic mass is 10.2. The maximum Gasteiger partial charge on any atom is 0.150 e. The molecule has 0 aliphatic carbocycles. The predicted octanol–water partition coefficient (Wildman–Crippen LogP) is 4.56. The van der Waals surface area contributed by atoms with E-state index in [0.29, 0.717) is 24.7 Å². The van der Waals surface area contributed by atoms with E-state index in [1.165, 1.54) is 0 Å². The number of ether oxygens (including phenoxy) is 3. The number of rotatable bonds is 10. The summed E-state index contributed by atoms with van der Waals surface area (Å²) in [5, 5.41) is 10.7. The second-order valence-corrected chi connectivity index (χ2v) is 16.2. The van der Waals surface area contributed by atoms with E-state index in [1.807, 2.05) is 24.3 Å². The molecule has 4 rings (SSSR count). The summed E-state index contributed by atoms with van der Waals surface area (Å²) >= 11 is 0. The lowest BCUT2D eigenvalue weighted by Gasteiger charge is -2.34. The second kappa shape index (κ2) is 11.3. The number of nitrogens with zero attached hydrogens (tertiary/aromatic N) is 5. The van der Waals surface area contributed by atoms with Crippen LogP contribution < -0.4 is 14.4 Å². The first-order valence-electron chi connectivity index (χ1n) is 12.5. The van der Waals surface area contributed by atoms with Crippen molar-refractivity contribution < 1.29 is 14.2 Å². The Morgan fingerprint density at radius 3 is 2.44 bits per heavy atom. The van der Waals surface area contributed by atoms with Crippen LogP contribution in [0.4, 0.5) is 5.82 Å². The van der Waals surface area contributed by atoms with Gasteiger partial charge in [-0.25, -0.2) is 4.98 Å². The second-order valence-electron chi connectivity index (χ2n) is 10.6. The molecule has 0 bridgehead atoms. The van der Waals surface area contributed by atoms with Gasteiger partial charge in [0.25, 0.3) is 0 Å². The minimum absolute atomic E-state index is 0.347. The Labute approximate surface area is 215 Å². The van der Waals surface area contributed by atoms with Crippen LogP contribution in [-0.2, 0) is 18.1 Å². The zero-order valence-corrected chi connectivity index (χ0v) is 23.1. The molecular weight excluding hydrogens is 470 g/mol. The van der Waals surface area contributed by atoms with Crippen LogP contribution >= 0.6 is 0 Å². The highest BCUT2D eigenvalue weighted by atomic mass is 28.3. The third-order valence-corrected chi connectivity index (χ3v) is 8.26. The van der Waals surface area contributed by atoms with E-state index in [1.54, 1.807) is 13.3 Å². The minimum atomic E-state index is -1.19. The number of anilines is 1. The van der Waals surface area contributed by atoms with E-state index >= 15 is 0 Å². The molecule has 2 aromatic heterocycles. The molecule has 192 valence electrons. The summed E-state index contributed by atoms with van der Waals surface area (Å²) in [4.78, 5) is 9.40. The molecule has 3 heterocycles. The molecule has 0 N–H and O–H groups in total. The van der Waals surface area contributed by atoms with Gasteiger partial charge in [0.1, 0.15) is 47.9 Å². The van der Waals surface area contributed by atoms with Crippen molar-refractivity contribution in [3.63, 3.8) is 0 Å².